The number of aryl methyl sites for hydroxylation is 1. The van der Waals surface area contributed by atoms with Gasteiger partial charge in [0, 0.05) is 18.7 Å². The fourth-order valence-corrected chi connectivity index (χ4v) is 4.03. The predicted molar refractivity (Wildman–Crippen MR) is 126 cm³/mol. The molecule has 2 aromatic heterocycles. The summed E-state index contributed by atoms with van der Waals surface area (Å²) in [7, 11) is 0. The molecule has 8 nitrogen and oxygen atoms in total. The number of hydrogen-bond acceptors (Lipinski definition) is 7. The number of anilines is 1. The van der Waals surface area contributed by atoms with Crippen LogP contribution in [0.2, 0.25) is 0 Å². The highest BCUT2D eigenvalue weighted by atomic mass is 16.5. The van der Waals surface area contributed by atoms with E-state index in [1.165, 1.54) is 0 Å². The molecule has 0 unspecified atom stereocenters. The summed E-state index contributed by atoms with van der Waals surface area (Å²) >= 11 is 0. The highest BCUT2D eigenvalue weighted by Crippen LogP contribution is 2.31. The minimum Gasteiger partial charge on any atom is -0.494 e. The lowest BCUT2D eigenvalue weighted by molar-refractivity contribution is 0.122. The molecule has 1 aliphatic rings. The molecule has 1 saturated heterocycles. The number of rotatable bonds is 5. The number of morpholine rings is 1. The van der Waals surface area contributed by atoms with Crippen LogP contribution in [0.1, 0.15) is 18.2 Å². The van der Waals surface area contributed by atoms with Gasteiger partial charge in [-0.25, -0.2) is 15.0 Å². The molecule has 1 aliphatic heterocycles. The number of ether oxygens (including phenoxy) is 2. The van der Waals surface area contributed by atoms with Crippen molar-refractivity contribution in [2.24, 2.45) is 0 Å². The number of hydrogen-bond donors (Lipinski definition) is 0. The van der Waals surface area contributed by atoms with E-state index in [9.17, 15) is 5.26 Å². The Labute approximate surface area is 192 Å². The van der Waals surface area contributed by atoms with Crippen LogP contribution in [-0.2, 0) is 4.74 Å². The molecule has 3 heterocycles. The van der Waals surface area contributed by atoms with Gasteiger partial charge in [0.2, 0.25) is 5.95 Å². The number of imidazole rings is 1. The van der Waals surface area contributed by atoms with Gasteiger partial charge in [-0.1, -0.05) is 18.2 Å². The molecule has 0 radical (unpaired) electrons. The number of para-hydroxylation sites is 1. The third-order valence-electron chi connectivity index (χ3n) is 5.67. The van der Waals surface area contributed by atoms with Crippen LogP contribution in [0.25, 0.3) is 28.2 Å². The summed E-state index contributed by atoms with van der Waals surface area (Å²) in [5, 5.41) is 9.91. The van der Waals surface area contributed by atoms with Crippen molar-refractivity contribution < 1.29 is 9.47 Å². The molecule has 0 aliphatic carbocycles. The van der Waals surface area contributed by atoms with Crippen LogP contribution in [0, 0.1) is 18.3 Å². The molecule has 2 aromatic carbocycles. The zero-order valence-corrected chi connectivity index (χ0v) is 18.7. The second kappa shape index (κ2) is 8.88. The van der Waals surface area contributed by atoms with Crippen molar-refractivity contribution in [2.45, 2.75) is 13.8 Å². The Bertz CT molecular complexity index is 1330. The van der Waals surface area contributed by atoms with Crippen LogP contribution >= 0.6 is 0 Å². The standard InChI is InChI=1S/C25H24N6O2/c1-3-33-19-10-8-18(9-11-19)23-27-20(16-26)22-24(29-23)31(21-7-5-4-6-17(21)2)25(28-22)30-12-14-32-15-13-30/h4-11H,3,12-15H2,1-2H3. The van der Waals surface area contributed by atoms with Crippen LogP contribution < -0.4 is 9.64 Å². The monoisotopic (exact) mass is 440 g/mol. The van der Waals surface area contributed by atoms with E-state index in [-0.39, 0.29) is 5.69 Å². The van der Waals surface area contributed by atoms with Crippen LogP contribution in [0.4, 0.5) is 5.95 Å². The van der Waals surface area contributed by atoms with Crippen molar-refractivity contribution in [3.05, 3.63) is 59.8 Å². The zero-order valence-electron chi connectivity index (χ0n) is 18.7. The van der Waals surface area contributed by atoms with Gasteiger partial charge in [-0.3, -0.25) is 4.57 Å². The van der Waals surface area contributed by atoms with E-state index in [0.29, 0.717) is 36.8 Å². The summed E-state index contributed by atoms with van der Waals surface area (Å²) in [6.45, 7) is 7.30. The quantitative estimate of drug-likeness (QED) is 0.465. The molecular formula is C25H24N6O2. The van der Waals surface area contributed by atoms with Gasteiger partial charge < -0.3 is 14.4 Å². The maximum Gasteiger partial charge on any atom is 0.212 e. The maximum absolute atomic E-state index is 9.91. The highest BCUT2D eigenvalue weighted by Gasteiger charge is 2.25. The summed E-state index contributed by atoms with van der Waals surface area (Å²) < 4.78 is 13.1. The molecule has 8 heteroatoms. The lowest BCUT2D eigenvalue weighted by Crippen LogP contribution is -2.37. The van der Waals surface area contributed by atoms with Crippen LogP contribution in [0.15, 0.2) is 48.5 Å². The Balaban J connectivity index is 1.74. The third kappa shape index (κ3) is 3.88. The molecule has 166 valence electrons. The molecule has 0 spiro atoms. The lowest BCUT2D eigenvalue weighted by Gasteiger charge is -2.28. The first-order chi connectivity index (χ1) is 16.2. The van der Waals surface area contributed by atoms with E-state index >= 15 is 0 Å². The number of nitrogens with zero attached hydrogens (tertiary/aromatic N) is 6. The van der Waals surface area contributed by atoms with Gasteiger partial charge in [-0.15, -0.1) is 0 Å². The van der Waals surface area contributed by atoms with Crippen LogP contribution in [0.3, 0.4) is 0 Å². The molecule has 1 fully saturated rings. The van der Waals surface area contributed by atoms with E-state index in [4.69, 9.17) is 19.4 Å². The SMILES string of the molecule is CCOc1ccc(-c2nc(C#N)c3nc(N4CCOCC4)n(-c4ccccc4C)c3n2)cc1. The molecule has 4 aromatic rings. The Morgan fingerprint density at radius 1 is 1.03 bits per heavy atom. The third-order valence-corrected chi connectivity index (χ3v) is 5.67. The topological polar surface area (TPSA) is 89.1 Å². The molecule has 0 saturated carbocycles. The summed E-state index contributed by atoms with van der Waals surface area (Å²) in [5.41, 5.74) is 4.24. The Morgan fingerprint density at radius 2 is 1.79 bits per heavy atom. The average Bonchev–Trinajstić information content (AvgIpc) is 3.24. The second-order valence-corrected chi connectivity index (χ2v) is 7.77. The first kappa shape index (κ1) is 20.9. The number of benzene rings is 2. The van der Waals surface area contributed by atoms with Gasteiger partial charge in [-0.2, -0.15) is 5.26 Å². The second-order valence-electron chi connectivity index (χ2n) is 7.77. The smallest absolute Gasteiger partial charge is 0.212 e. The minimum atomic E-state index is 0.255. The van der Waals surface area contributed by atoms with Gasteiger partial charge in [0.25, 0.3) is 0 Å². The first-order valence-electron chi connectivity index (χ1n) is 11.0. The van der Waals surface area contributed by atoms with Gasteiger partial charge in [-0.05, 0) is 49.7 Å². The van der Waals surface area contributed by atoms with E-state index in [1.807, 2.05) is 54.0 Å². The Hall–Kier alpha value is -3.96. The molecule has 0 N–H and O–H groups in total. The number of aromatic nitrogens is 4. The van der Waals surface area contributed by atoms with Crippen molar-refractivity contribution in [1.82, 2.24) is 19.5 Å². The van der Waals surface area contributed by atoms with Crippen molar-refractivity contribution in [1.29, 1.82) is 5.26 Å². The van der Waals surface area contributed by atoms with Gasteiger partial charge in [0.1, 0.15) is 17.3 Å². The van der Waals surface area contributed by atoms with Crippen molar-refractivity contribution >= 4 is 17.1 Å². The van der Waals surface area contributed by atoms with Crippen LogP contribution in [-0.4, -0.2) is 52.4 Å². The van der Waals surface area contributed by atoms with E-state index in [1.54, 1.807) is 0 Å². The maximum atomic E-state index is 9.91. The number of fused-ring (bicyclic) bond motifs is 1. The van der Waals surface area contributed by atoms with E-state index in [0.717, 1.165) is 41.6 Å². The van der Waals surface area contributed by atoms with Crippen molar-refractivity contribution in [3.63, 3.8) is 0 Å². The average molecular weight is 441 g/mol. The van der Waals surface area contributed by atoms with Gasteiger partial charge >= 0.3 is 0 Å². The largest absolute Gasteiger partial charge is 0.494 e. The molecule has 0 atom stereocenters. The lowest BCUT2D eigenvalue weighted by atomic mass is 10.2. The summed E-state index contributed by atoms with van der Waals surface area (Å²) in [6, 6.07) is 17.9. The van der Waals surface area contributed by atoms with Crippen molar-refractivity contribution in [3.8, 4) is 28.9 Å². The number of nitriles is 1. The van der Waals surface area contributed by atoms with Gasteiger partial charge in [0.15, 0.2) is 17.2 Å². The van der Waals surface area contributed by atoms with E-state index < -0.39 is 0 Å². The highest BCUT2D eigenvalue weighted by molar-refractivity contribution is 5.84. The Kier molecular flexibility index (Phi) is 5.63. The molecular weight excluding hydrogens is 416 g/mol. The minimum absolute atomic E-state index is 0.255. The van der Waals surface area contributed by atoms with Gasteiger partial charge in [0.05, 0.1) is 25.5 Å². The molecule has 0 amide bonds. The molecule has 5 rings (SSSR count). The van der Waals surface area contributed by atoms with Crippen molar-refractivity contribution in [2.75, 3.05) is 37.8 Å². The summed E-state index contributed by atoms with van der Waals surface area (Å²) in [5.74, 6) is 2.00. The fourth-order valence-electron chi connectivity index (χ4n) is 4.03. The first-order valence-corrected chi connectivity index (χ1v) is 11.0. The van der Waals surface area contributed by atoms with E-state index in [2.05, 4.69) is 28.9 Å². The normalized spacial score (nSPS) is 13.8. The summed E-state index contributed by atoms with van der Waals surface area (Å²) in [4.78, 5) is 16.5. The fraction of sp³-hybridized carbons (Fsp3) is 0.280. The zero-order chi connectivity index (χ0) is 22.8. The Morgan fingerprint density at radius 3 is 2.48 bits per heavy atom. The predicted octanol–water partition coefficient (Wildman–Crippen LogP) is 3.90. The molecule has 33 heavy (non-hydrogen) atoms. The summed E-state index contributed by atoms with van der Waals surface area (Å²) in [6.07, 6.45) is 0. The van der Waals surface area contributed by atoms with Crippen LogP contribution in [0.5, 0.6) is 5.75 Å². The molecule has 0 bridgehead atoms.